The first kappa shape index (κ1) is 14.2. The van der Waals surface area contributed by atoms with E-state index in [-0.39, 0.29) is 0 Å². The Morgan fingerprint density at radius 1 is 1.47 bits per heavy atom. The van der Waals surface area contributed by atoms with Crippen molar-refractivity contribution in [3.63, 3.8) is 0 Å². The summed E-state index contributed by atoms with van der Waals surface area (Å²) < 4.78 is 0.915. The summed E-state index contributed by atoms with van der Waals surface area (Å²) in [6.45, 7) is 1.45. The molecule has 4 nitrogen and oxygen atoms in total. The summed E-state index contributed by atoms with van der Waals surface area (Å²) >= 11 is 8.04. The van der Waals surface area contributed by atoms with Crippen LogP contribution in [0.1, 0.15) is 17.3 Å². The SMILES string of the molecule is CC(C(=O)O)N(C)C(=O)c1ccc(I)cc1Cl. The summed E-state index contributed by atoms with van der Waals surface area (Å²) in [4.78, 5) is 23.9. The number of halogens is 2. The zero-order chi connectivity index (χ0) is 13.2. The number of likely N-dealkylation sites (N-methyl/N-ethyl adjacent to an activating group) is 1. The van der Waals surface area contributed by atoms with E-state index in [1.54, 1.807) is 18.2 Å². The molecule has 1 aromatic carbocycles. The van der Waals surface area contributed by atoms with Gasteiger partial charge in [0.1, 0.15) is 6.04 Å². The normalized spacial score (nSPS) is 12.0. The maximum absolute atomic E-state index is 12.0. The molecule has 0 fully saturated rings. The highest BCUT2D eigenvalue weighted by molar-refractivity contribution is 14.1. The van der Waals surface area contributed by atoms with Crippen LogP contribution in [0.15, 0.2) is 18.2 Å². The molecule has 1 atom stereocenters. The smallest absolute Gasteiger partial charge is 0.326 e. The lowest BCUT2D eigenvalue weighted by atomic mass is 10.2. The fourth-order valence-corrected chi connectivity index (χ4v) is 2.13. The molecule has 17 heavy (non-hydrogen) atoms. The first-order valence-electron chi connectivity index (χ1n) is 4.79. The van der Waals surface area contributed by atoms with Crippen LogP contribution in [0.2, 0.25) is 5.02 Å². The largest absolute Gasteiger partial charge is 0.480 e. The van der Waals surface area contributed by atoms with E-state index in [2.05, 4.69) is 22.6 Å². The Kier molecular flexibility index (Phi) is 4.76. The Bertz CT molecular complexity index is 464. The Morgan fingerprint density at radius 2 is 2.06 bits per heavy atom. The van der Waals surface area contributed by atoms with Crippen molar-refractivity contribution in [1.82, 2.24) is 4.90 Å². The number of benzene rings is 1. The second kappa shape index (κ2) is 5.68. The number of carbonyl (C=O) groups excluding carboxylic acids is 1. The summed E-state index contributed by atoms with van der Waals surface area (Å²) in [5, 5.41) is 9.16. The second-order valence-corrected chi connectivity index (χ2v) is 5.21. The quantitative estimate of drug-likeness (QED) is 0.835. The highest BCUT2D eigenvalue weighted by atomic mass is 127. The van der Waals surface area contributed by atoms with Crippen molar-refractivity contribution in [3.8, 4) is 0 Å². The van der Waals surface area contributed by atoms with Crippen LogP contribution in [0.25, 0.3) is 0 Å². The summed E-state index contributed by atoms with van der Waals surface area (Å²) in [6.07, 6.45) is 0. The second-order valence-electron chi connectivity index (χ2n) is 3.55. The van der Waals surface area contributed by atoms with Crippen LogP contribution in [-0.2, 0) is 4.79 Å². The molecule has 1 rings (SSSR count). The zero-order valence-electron chi connectivity index (χ0n) is 9.28. The lowest BCUT2D eigenvalue weighted by Gasteiger charge is -2.22. The third-order valence-corrected chi connectivity index (χ3v) is 3.40. The van der Waals surface area contributed by atoms with Gasteiger partial charge in [-0.15, -0.1) is 0 Å². The van der Waals surface area contributed by atoms with Crippen LogP contribution in [0.5, 0.6) is 0 Å². The molecular formula is C11H11ClINO3. The van der Waals surface area contributed by atoms with E-state index in [0.29, 0.717) is 10.6 Å². The fraction of sp³-hybridized carbons (Fsp3) is 0.273. The minimum atomic E-state index is -1.05. The molecule has 0 radical (unpaired) electrons. The third-order valence-electron chi connectivity index (χ3n) is 2.42. The molecule has 0 aliphatic carbocycles. The molecule has 1 N–H and O–H groups in total. The number of carboxylic acids is 1. The molecule has 1 aromatic rings. The molecule has 0 spiro atoms. The van der Waals surface area contributed by atoms with Gasteiger partial charge in [-0.25, -0.2) is 4.79 Å². The van der Waals surface area contributed by atoms with Crippen LogP contribution in [0, 0.1) is 3.57 Å². The number of amides is 1. The topological polar surface area (TPSA) is 57.6 Å². The van der Waals surface area contributed by atoms with Crippen LogP contribution in [0.4, 0.5) is 0 Å². The van der Waals surface area contributed by atoms with Gasteiger partial charge in [-0.1, -0.05) is 11.6 Å². The van der Waals surface area contributed by atoms with E-state index in [4.69, 9.17) is 16.7 Å². The molecular weight excluding hydrogens is 356 g/mol. The average molecular weight is 368 g/mol. The van der Waals surface area contributed by atoms with E-state index in [9.17, 15) is 9.59 Å². The molecule has 6 heteroatoms. The van der Waals surface area contributed by atoms with E-state index in [1.165, 1.54) is 14.0 Å². The van der Waals surface area contributed by atoms with Gasteiger partial charge in [0.15, 0.2) is 0 Å². The van der Waals surface area contributed by atoms with Gasteiger partial charge in [-0.2, -0.15) is 0 Å². The zero-order valence-corrected chi connectivity index (χ0v) is 12.2. The van der Waals surface area contributed by atoms with Gasteiger partial charge in [0, 0.05) is 10.6 Å². The number of carboxylic acid groups (broad SMARTS) is 1. The van der Waals surface area contributed by atoms with Crippen molar-refractivity contribution in [3.05, 3.63) is 32.4 Å². The maximum Gasteiger partial charge on any atom is 0.326 e. The maximum atomic E-state index is 12.0. The number of carbonyl (C=O) groups is 2. The number of aliphatic carboxylic acids is 1. The van der Waals surface area contributed by atoms with Crippen LogP contribution in [-0.4, -0.2) is 35.0 Å². The number of hydrogen-bond donors (Lipinski definition) is 1. The first-order chi connectivity index (χ1) is 7.84. The van der Waals surface area contributed by atoms with E-state index < -0.39 is 17.9 Å². The molecule has 0 saturated carbocycles. The van der Waals surface area contributed by atoms with E-state index in [0.717, 1.165) is 8.47 Å². The van der Waals surface area contributed by atoms with Crippen molar-refractivity contribution < 1.29 is 14.7 Å². The lowest BCUT2D eigenvalue weighted by molar-refractivity contribution is -0.141. The monoisotopic (exact) mass is 367 g/mol. The fourth-order valence-electron chi connectivity index (χ4n) is 1.19. The van der Waals surface area contributed by atoms with Gasteiger partial charge in [0.2, 0.25) is 0 Å². The van der Waals surface area contributed by atoms with Crippen molar-refractivity contribution in [1.29, 1.82) is 0 Å². The molecule has 1 amide bonds. The van der Waals surface area contributed by atoms with Crippen molar-refractivity contribution >= 4 is 46.1 Å². The van der Waals surface area contributed by atoms with Gasteiger partial charge in [-0.05, 0) is 47.7 Å². The van der Waals surface area contributed by atoms with Crippen LogP contribution >= 0.6 is 34.2 Å². The third kappa shape index (κ3) is 3.32. The van der Waals surface area contributed by atoms with Gasteiger partial charge in [0.25, 0.3) is 5.91 Å². The average Bonchev–Trinajstić information content (AvgIpc) is 2.26. The number of nitrogens with zero attached hydrogens (tertiary/aromatic N) is 1. The minimum Gasteiger partial charge on any atom is -0.480 e. The Balaban J connectivity index is 3.00. The van der Waals surface area contributed by atoms with E-state index in [1.807, 2.05) is 0 Å². The highest BCUT2D eigenvalue weighted by Crippen LogP contribution is 2.21. The van der Waals surface area contributed by atoms with Crippen molar-refractivity contribution in [2.75, 3.05) is 7.05 Å². The predicted octanol–water partition coefficient (Wildman–Crippen LogP) is 2.49. The number of hydrogen-bond acceptors (Lipinski definition) is 2. The molecule has 0 saturated heterocycles. The molecule has 0 aliphatic rings. The minimum absolute atomic E-state index is 0.308. The summed E-state index contributed by atoms with van der Waals surface area (Å²) in [5.41, 5.74) is 0.308. The molecule has 0 heterocycles. The van der Waals surface area contributed by atoms with Crippen molar-refractivity contribution in [2.45, 2.75) is 13.0 Å². The summed E-state index contributed by atoms with van der Waals surface area (Å²) in [7, 11) is 1.44. The molecule has 1 unspecified atom stereocenters. The number of rotatable bonds is 3. The van der Waals surface area contributed by atoms with Gasteiger partial charge < -0.3 is 10.0 Å². The molecule has 92 valence electrons. The highest BCUT2D eigenvalue weighted by Gasteiger charge is 2.24. The molecule has 0 aromatic heterocycles. The van der Waals surface area contributed by atoms with Crippen LogP contribution < -0.4 is 0 Å². The van der Waals surface area contributed by atoms with Gasteiger partial charge in [-0.3, -0.25) is 4.79 Å². The van der Waals surface area contributed by atoms with Crippen molar-refractivity contribution in [2.24, 2.45) is 0 Å². The predicted molar refractivity (Wildman–Crippen MR) is 73.4 cm³/mol. The standard InChI is InChI=1S/C11H11ClINO3/c1-6(11(16)17)14(2)10(15)8-4-3-7(13)5-9(8)12/h3-6H,1-2H3,(H,16,17). The first-order valence-corrected chi connectivity index (χ1v) is 6.25. The Hall–Kier alpha value is -0.820. The van der Waals surface area contributed by atoms with Gasteiger partial charge in [0.05, 0.1) is 10.6 Å². The molecule has 0 aliphatic heterocycles. The van der Waals surface area contributed by atoms with E-state index >= 15 is 0 Å². The van der Waals surface area contributed by atoms with Crippen LogP contribution in [0.3, 0.4) is 0 Å². The summed E-state index contributed by atoms with van der Waals surface area (Å²) in [6, 6.07) is 4.11. The Morgan fingerprint density at radius 3 is 2.53 bits per heavy atom. The molecule has 0 bridgehead atoms. The Labute approximate surface area is 118 Å². The lowest BCUT2D eigenvalue weighted by Crippen LogP contribution is -2.40. The summed E-state index contributed by atoms with van der Waals surface area (Å²) in [5.74, 6) is -1.45. The van der Waals surface area contributed by atoms with Gasteiger partial charge >= 0.3 is 5.97 Å².